The second-order valence-corrected chi connectivity index (χ2v) is 17.3. The summed E-state index contributed by atoms with van der Waals surface area (Å²) < 4.78 is 0. The fourth-order valence-electron chi connectivity index (χ4n) is 9.98. The predicted molar refractivity (Wildman–Crippen MR) is 219 cm³/mol. The number of amides is 5. The molecule has 58 heavy (non-hydrogen) atoms. The number of piperazine rings is 1. The molecular formula is C44H47ClN8O5. The molecule has 5 fully saturated rings. The van der Waals surface area contributed by atoms with E-state index in [1.807, 2.05) is 35.2 Å². The van der Waals surface area contributed by atoms with Crippen LogP contribution in [0, 0.1) is 22.7 Å². The molecule has 0 aliphatic carbocycles. The summed E-state index contributed by atoms with van der Waals surface area (Å²) in [4.78, 5) is 76.9. The number of carbonyl (C=O) groups is 5. The smallest absolute Gasteiger partial charge is 0.262 e. The molecule has 1 unspecified atom stereocenters. The van der Waals surface area contributed by atoms with Gasteiger partial charge in [-0.2, -0.15) is 5.26 Å². The number of hydrogen-bond acceptors (Lipinski definition) is 10. The molecule has 1 spiro atoms. The molecule has 0 radical (unpaired) electrons. The highest BCUT2D eigenvalue weighted by atomic mass is 35.5. The molecule has 3 aromatic carbocycles. The fraction of sp³-hybridized carbons (Fsp3) is 0.455. The summed E-state index contributed by atoms with van der Waals surface area (Å²) >= 11 is 6.33. The van der Waals surface area contributed by atoms with E-state index < -0.39 is 29.7 Å². The van der Waals surface area contributed by atoms with E-state index in [-0.39, 0.29) is 29.7 Å². The number of piperidine rings is 2. The molecule has 3 aromatic rings. The van der Waals surface area contributed by atoms with Crippen molar-refractivity contribution in [2.24, 2.45) is 11.3 Å². The van der Waals surface area contributed by atoms with Crippen LogP contribution in [0.5, 0.6) is 0 Å². The van der Waals surface area contributed by atoms with Crippen LogP contribution in [-0.4, -0.2) is 122 Å². The summed E-state index contributed by atoms with van der Waals surface area (Å²) in [5.74, 6) is -1.48. The summed E-state index contributed by atoms with van der Waals surface area (Å²) in [5.41, 5.74) is 5.14. The zero-order valence-corrected chi connectivity index (χ0v) is 33.3. The quantitative estimate of drug-likeness (QED) is 0.342. The van der Waals surface area contributed by atoms with Crippen LogP contribution >= 0.6 is 11.6 Å². The van der Waals surface area contributed by atoms with Gasteiger partial charge in [0.15, 0.2) is 0 Å². The van der Waals surface area contributed by atoms with Gasteiger partial charge >= 0.3 is 0 Å². The Balaban J connectivity index is 0.749. The first-order valence-corrected chi connectivity index (χ1v) is 20.9. The minimum absolute atomic E-state index is 0.0812. The molecule has 14 heteroatoms. The number of imide groups is 2. The number of rotatable bonds is 7. The minimum Gasteiger partial charge on any atom is -0.371 e. The lowest BCUT2D eigenvalue weighted by atomic mass is 9.77. The van der Waals surface area contributed by atoms with Gasteiger partial charge in [-0.05, 0) is 98.0 Å². The first-order chi connectivity index (χ1) is 28.1. The van der Waals surface area contributed by atoms with E-state index in [0.29, 0.717) is 35.2 Å². The third kappa shape index (κ3) is 7.17. The number of halogens is 1. The molecule has 0 bridgehead atoms. The zero-order valence-electron chi connectivity index (χ0n) is 32.5. The van der Waals surface area contributed by atoms with Crippen molar-refractivity contribution in [1.29, 1.82) is 5.26 Å². The van der Waals surface area contributed by atoms with Gasteiger partial charge in [0.2, 0.25) is 11.8 Å². The van der Waals surface area contributed by atoms with Crippen molar-refractivity contribution in [3.63, 3.8) is 0 Å². The lowest BCUT2D eigenvalue weighted by Gasteiger charge is -2.40. The largest absolute Gasteiger partial charge is 0.371 e. The van der Waals surface area contributed by atoms with Crippen LogP contribution in [0.3, 0.4) is 0 Å². The van der Waals surface area contributed by atoms with Crippen molar-refractivity contribution in [3.05, 3.63) is 87.9 Å². The molecule has 9 rings (SSSR count). The standard InChI is InChI=1S/C44H47ClN8O5/c45-37-24-34(5-4-31(37)25-46)49-15-11-44(12-16-49)13-17-52(28-44)32-3-1-2-30(22-32)41(56)50-20-18-48(19-21-50)26-29-10-14-51(27-29)33-6-7-35-36(23-33)43(58)53(42(35)57)38-8-9-39(54)47-40(38)55/h1-7,22-24,29,38H,8-21,26-28H2,(H,47,54,55)/t29-,38?/m1/s1. The van der Waals surface area contributed by atoms with Crippen molar-refractivity contribution >= 4 is 58.2 Å². The van der Waals surface area contributed by atoms with E-state index in [0.717, 1.165) is 112 Å². The Hall–Kier alpha value is -5.45. The van der Waals surface area contributed by atoms with Crippen molar-refractivity contribution in [2.75, 3.05) is 86.7 Å². The van der Waals surface area contributed by atoms with Crippen molar-refractivity contribution in [2.45, 2.75) is 44.6 Å². The lowest BCUT2D eigenvalue weighted by Crippen LogP contribution is -2.54. The number of nitriles is 1. The SMILES string of the molecule is N#Cc1ccc(N2CCC3(CC2)CCN(c2cccc(C(=O)N4CCN(C[C@H]5CCN(c6ccc7c(c6)C(=O)N(C6CCC(=O)NC6=O)C7=O)C5)CC4)c2)C3)cc1Cl. The topological polar surface area (TPSA) is 141 Å². The first-order valence-electron chi connectivity index (χ1n) is 20.5. The maximum absolute atomic E-state index is 13.8. The van der Waals surface area contributed by atoms with Crippen molar-refractivity contribution < 1.29 is 24.0 Å². The molecule has 6 aliphatic heterocycles. The molecule has 0 aromatic heterocycles. The highest BCUT2D eigenvalue weighted by Gasteiger charge is 2.45. The maximum atomic E-state index is 13.8. The Kier molecular flexibility index (Phi) is 10.1. The second-order valence-electron chi connectivity index (χ2n) is 16.9. The molecule has 0 saturated carbocycles. The van der Waals surface area contributed by atoms with Gasteiger partial charge in [0.1, 0.15) is 12.1 Å². The van der Waals surface area contributed by atoms with E-state index in [1.165, 1.54) is 0 Å². The lowest BCUT2D eigenvalue weighted by molar-refractivity contribution is -0.136. The van der Waals surface area contributed by atoms with Gasteiger partial charge in [-0.15, -0.1) is 0 Å². The Morgan fingerprint density at radius 3 is 2.22 bits per heavy atom. The molecule has 5 saturated heterocycles. The average Bonchev–Trinajstić information content (AvgIpc) is 3.95. The molecule has 300 valence electrons. The summed E-state index contributed by atoms with van der Waals surface area (Å²) in [6, 6.07) is 20.3. The van der Waals surface area contributed by atoms with Crippen LogP contribution in [0.1, 0.15) is 75.2 Å². The molecule has 6 aliphatic rings. The first kappa shape index (κ1) is 38.1. The monoisotopic (exact) mass is 802 g/mol. The number of anilines is 3. The Bertz CT molecular complexity index is 2220. The van der Waals surface area contributed by atoms with Gasteiger partial charge in [0.25, 0.3) is 17.7 Å². The predicted octanol–water partition coefficient (Wildman–Crippen LogP) is 4.39. The van der Waals surface area contributed by atoms with Gasteiger partial charge < -0.3 is 19.6 Å². The summed E-state index contributed by atoms with van der Waals surface area (Å²) in [5, 5.41) is 12.0. The maximum Gasteiger partial charge on any atom is 0.262 e. The number of nitrogens with one attached hydrogen (secondary N) is 1. The Labute approximate surface area is 343 Å². The molecule has 1 N–H and O–H groups in total. The fourth-order valence-corrected chi connectivity index (χ4v) is 10.2. The average molecular weight is 803 g/mol. The van der Waals surface area contributed by atoms with Crippen LogP contribution in [-0.2, 0) is 9.59 Å². The Morgan fingerprint density at radius 1 is 0.776 bits per heavy atom. The minimum atomic E-state index is -0.979. The third-order valence-electron chi connectivity index (χ3n) is 13.4. The van der Waals surface area contributed by atoms with Gasteiger partial charge in [0, 0.05) is 101 Å². The number of hydrogen-bond donors (Lipinski definition) is 1. The van der Waals surface area contributed by atoms with E-state index in [9.17, 15) is 29.2 Å². The van der Waals surface area contributed by atoms with Gasteiger partial charge in [-0.1, -0.05) is 17.7 Å². The van der Waals surface area contributed by atoms with Crippen LogP contribution < -0.4 is 20.0 Å². The summed E-state index contributed by atoms with van der Waals surface area (Å²) in [6.45, 7) is 9.44. The van der Waals surface area contributed by atoms with Crippen LogP contribution in [0.4, 0.5) is 17.1 Å². The second kappa shape index (κ2) is 15.4. The van der Waals surface area contributed by atoms with E-state index in [4.69, 9.17) is 11.6 Å². The highest BCUT2D eigenvalue weighted by molar-refractivity contribution is 6.32. The highest BCUT2D eigenvalue weighted by Crippen LogP contribution is 2.43. The third-order valence-corrected chi connectivity index (χ3v) is 13.7. The van der Waals surface area contributed by atoms with E-state index in [1.54, 1.807) is 18.2 Å². The molecule has 5 amide bonds. The number of carbonyl (C=O) groups excluding carboxylic acids is 5. The number of nitrogens with zero attached hydrogens (tertiary/aromatic N) is 7. The van der Waals surface area contributed by atoms with Crippen LogP contribution in [0.25, 0.3) is 0 Å². The Morgan fingerprint density at radius 2 is 1.48 bits per heavy atom. The molecule has 13 nitrogen and oxygen atoms in total. The van der Waals surface area contributed by atoms with Crippen LogP contribution in [0.2, 0.25) is 5.02 Å². The molecule has 2 atom stereocenters. The van der Waals surface area contributed by atoms with Gasteiger partial charge in [0.05, 0.1) is 21.7 Å². The summed E-state index contributed by atoms with van der Waals surface area (Å²) in [7, 11) is 0. The normalized spacial score (nSPS) is 23.5. The van der Waals surface area contributed by atoms with Gasteiger partial charge in [-0.3, -0.25) is 39.1 Å². The van der Waals surface area contributed by atoms with Gasteiger partial charge in [-0.25, -0.2) is 0 Å². The van der Waals surface area contributed by atoms with Crippen molar-refractivity contribution in [1.82, 2.24) is 20.0 Å². The zero-order chi connectivity index (χ0) is 40.1. The number of fused-ring (bicyclic) bond motifs is 1. The van der Waals surface area contributed by atoms with E-state index >= 15 is 0 Å². The number of benzene rings is 3. The van der Waals surface area contributed by atoms with Crippen LogP contribution in [0.15, 0.2) is 60.7 Å². The molecule has 6 heterocycles. The van der Waals surface area contributed by atoms with Crippen molar-refractivity contribution in [3.8, 4) is 6.07 Å². The summed E-state index contributed by atoms with van der Waals surface area (Å²) in [6.07, 6.45) is 4.53. The van der Waals surface area contributed by atoms with E-state index in [2.05, 4.69) is 43.1 Å². The molecular weight excluding hydrogens is 756 g/mol.